The molecule has 21 heavy (non-hydrogen) atoms. The smallest absolute Gasteiger partial charge is 0.0999 e. The molecule has 1 spiro atoms. The molecule has 0 radical (unpaired) electrons. The minimum Gasteiger partial charge on any atom is -0.366 e. The van der Waals surface area contributed by atoms with Gasteiger partial charge in [0.1, 0.15) is 0 Å². The van der Waals surface area contributed by atoms with Crippen molar-refractivity contribution >= 4 is 5.69 Å². The van der Waals surface area contributed by atoms with Crippen molar-refractivity contribution in [1.82, 2.24) is 4.90 Å². The summed E-state index contributed by atoms with van der Waals surface area (Å²) in [6.07, 6.45) is 8.39. The maximum Gasteiger partial charge on any atom is 0.0999 e. The van der Waals surface area contributed by atoms with Gasteiger partial charge in [-0.25, -0.2) is 0 Å². The van der Waals surface area contributed by atoms with E-state index in [1.807, 2.05) is 0 Å². The Bertz CT molecular complexity index is 583. The van der Waals surface area contributed by atoms with E-state index in [1.165, 1.54) is 57.3 Å². The fourth-order valence-electron chi connectivity index (χ4n) is 6.61. The van der Waals surface area contributed by atoms with Crippen LogP contribution in [-0.2, 0) is 0 Å². The number of benzene rings is 1. The molecule has 2 heteroatoms. The summed E-state index contributed by atoms with van der Waals surface area (Å²) in [5, 5.41) is 4.12. The fraction of sp³-hybridized carbons (Fsp3) is 0.684. The van der Waals surface area contributed by atoms with Gasteiger partial charge in [0.25, 0.3) is 0 Å². The normalized spacial score (nSPS) is 43.9. The molecule has 1 saturated carbocycles. The number of nitrogens with zero attached hydrogens (tertiary/aromatic N) is 1. The minimum absolute atomic E-state index is 0.275. The van der Waals surface area contributed by atoms with E-state index in [0.717, 1.165) is 11.8 Å². The highest BCUT2D eigenvalue weighted by atomic mass is 15.4. The zero-order valence-electron chi connectivity index (χ0n) is 13.1. The van der Waals surface area contributed by atoms with E-state index in [-0.39, 0.29) is 5.66 Å². The van der Waals surface area contributed by atoms with Crippen LogP contribution in [0.4, 0.5) is 5.69 Å². The molecule has 2 bridgehead atoms. The van der Waals surface area contributed by atoms with Crippen LogP contribution in [0.5, 0.6) is 0 Å². The third kappa shape index (κ3) is 1.30. The highest BCUT2D eigenvalue weighted by molar-refractivity contribution is 5.60. The molecule has 2 nitrogen and oxygen atoms in total. The average molecular weight is 282 g/mol. The first-order valence-electron chi connectivity index (χ1n) is 8.93. The number of para-hydroxylation sites is 1. The second-order valence-corrected chi connectivity index (χ2v) is 7.74. The first-order chi connectivity index (χ1) is 10.3. The Hall–Kier alpha value is -1.02. The van der Waals surface area contributed by atoms with Crippen LogP contribution in [0, 0.1) is 11.3 Å². The summed E-state index contributed by atoms with van der Waals surface area (Å²) in [6.45, 7) is 5.04. The van der Waals surface area contributed by atoms with E-state index in [4.69, 9.17) is 0 Å². The summed E-state index contributed by atoms with van der Waals surface area (Å²) in [6, 6.07) is 9.14. The number of anilines is 1. The summed E-state index contributed by atoms with van der Waals surface area (Å²) < 4.78 is 0. The van der Waals surface area contributed by atoms with Crippen molar-refractivity contribution in [2.75, 3.05) is 18.4 Å². The molecule has 1 aromatic rings. The van der Waals surface area contributed by atoms with E-state index in [2.05, 4.69) is 41.4 Å². The van der Waals surface area contributed by atoms with E-state index < -0.39 is 0 Å². The van der Waals surface area contributed by atoms with Crippen LogP contribution in [0.15, 0.2) is 24.3 Å². The summed E-state index contributed by atoms with van der Waals surface area (Å²) in [5.41, 5.74) is 3.83. The number of hydrogen-bond donors (Lipinski definition) is 1. The Morgan fingerprint density at radius 2 is 2.10 bits per heavy atom. The van der Waals surface area contributed by atoms with Crippen molar-refractivity contribution in [3.63, 3.8) is 0 Å². The Labute approximate surface area is 127 Å². The van der Waals surface area contributed by atoms with E-state index in [1.54, 1.807) is 5.56 Å². The van der Waals surface area contributed by atoms with Gasteiger partial charge in [-0.1, -0.05) is 25.1 Å². The van der Waals surface area contributed by atoms with Gasteiger partial charge >= 0.3 is 0 Å². The molecule has 4 unspecified atom stereocenters. The molecular weight excluding hydrogens is 256 g/mol. The van der Waals surface area contributed by atoms with Crippen molar-refractivity contribution < 1.29 is 0 Å². The van der Waals surface area contributed by atoms with Crippen molar-refractivity contribution in [3.8, 4) is 0 Å². The van der Waals surface area contributed by atoms with Gasteiger partial charge in [0.05, 0.1) is 5.66 Å². The molecule has 2 saturated heterocycles. The Kier molecular flexibility index (Phi) is 2.41. The Balaban J connectivity index is 1.74. The predicted molar refractivity (Wildman–Crippen MR) is 86.4 cm³/mol. The first-order valence-corrected chi connectivity index (χ1v) is 8.93. The fourth-order valence-corrected chi connectivity index (χ4v) is 6.61. The molecule has 5 rings (SSSR count). The van der Waals surface area contributed by atoms with Gasteiger partial charge in [0.15, 0.2) is 0 Å². The Morgan fingerprint density at radius 3 is 3.00 bits per heavy atom. The van der Waals surface area contributed by atoms with Crippen molar-refractivity contribution in [1.29, 1.82) is 0 Å². The largest absolute Gasteiger partial charge is 0.366 e. The molecule has 1 aliphatic carbocycles. The number of fused-ring (bicyclic) bond motifs is 2. The second-order valence-electron chi connectivity index (χ2n) is 7.74. The molecule has 3 aliphatic heterocycles. The monoisotopic (exact) mass is 282 g/mol. The highest BCUT2D eigenvalue weighted by Gasteiger charge is 2.67. The third-order valence-corrected chi connectivity index (χ3v) is 7.42. The molecule has 1 aromatic carbocycles. The molecule has 4 aliphatic rings. The SMILES string of the molecule is CCC12CCCN3CCC4c5ccccc5NC31C4CC2. The van der Waals surface area contributed by atoms with Gasteiger partial charge in [0.2, 0.25) is 0 Å². The lowest BCUT2D eigenvalue weighted by Crippen LogP contribution is -2.72. The standard InChI is InChI=1S/C19H26N2/c1-2-18-10-5-12-21-13-9-14-15-6-3-4-7-17(15)20-19(18,21)16(14)8-11-18/h3-4,6-7,14,16,20H,2,5,8-13H2,1H3. The number of hydrogen-bond acceptors (Lipinski definition) is 2. The average Bonchev–Trinajstić information content (AvgIpc) is 2.86. The molecule has 4 atom stereocenters. The van der Waals surface area contributed by atoms with Crippen molar-refractivity contribution in [3.05, 3.63) is 29.8 Å². The summed E-state index contributed by atoms with van der Waals surface area (Å²) in [4.78, 5) is 2.85. The van der Waals surface area contributed by atoms with Crippen molar-refractivity contribution in [2.45, 2.75) is 57.0 Å². The summed E-state index contributed by atoms with van der Waals surface area (Å²) in [7, 11) is 0. The molecule has 1 N–H and O–H groups in total. The van der Waals surface area contributed by atoms with Crippen LogP contribution < -0.4 is 5.32 Å². The first kappa shape index (κ1) is 12.5. The summed E-state index contributed by atoms with van der Waals surface area (Å²) >= 11 is 0. The second kappa shape index (κ2) is 4.04. The van der Waals surface area contributed by atoms with Crippen LogP contribution in [-0.4, -0.2) is 23.7 Å². The maximum absolute atomic E-state index is 4.12. The maximum atomic E-state index is 4.12. The van der Waals surface area contributed by atoms with Gasteiger partial charge in [-0.2, -0.15) is 0 Å². The number of piperidine rings is 2. The van der Waals surface area contributed by atoms with Crippen LogP contribution in [0.2, 0.25) is 0 Å². The van der Waals surface area contributed by atoms with Gasteiger partial charge in [-0.15, -0.1) is 0 Å². The molecule has 0 aromatic heterocycles. The Morgan fingerprint density at radius 1 is 1.19 bits per heavy atom. The third-order valence-electron chi connectivity index (χ3n) is 7.42. The van der Waals surface area contributed by atoms with E-state index in [0.29, 0.717) is 5.41 Å². The number of rotatable bonds is 1. The van der Waals surface area contributed by atoms with Crippen LogP contribution in [0.1, 0.15) is 56.9 Å². The molecular formula is C19H26N2. The lowest BCUT2D eigenvalue weighted by molar-refractivity contribution is -0.0921. The van der Waals surface area contributed by atoms with Crippen LogP contribution >= 0.6 is 0 Å². The minimum atomic E-state index is 0.275. The van der Waals surface area contributed by atoms with E-state index >= 15 is 0 Å². The zero-order valence-corrected chi connectivity index (χ0v) is 13.1. The van der Waals surface area contributed by atoms with Gasteiger partial charge in [-0.3, -0.25) is 4.90 Å². The van der Waals surface area contributed by atoms with Gasteiger partial charge < -0.3 is 5.32 Å². The van der Waals surface area contributed by atoms with Crippen LogP contribution in [0.25, 0.3) is 0 Å². The van der Waals surface area contributed by atoms with Gasteiger partial charge in [0, 0.05) is 30.1 Å². The quantitative estimate of drug-likeness (QED) is 0.830. The lowest BCUT2D eigenvalue weighted by Gasteiger charge is -2.64. The molecule has 0 amide bonds. The van der Waals surface area contributed by atoms with E-state index in [9.17, 15) is 0 Å². The predicted octanol–water partition coefficient (Wildman–Crippen LogP) is 4.20. The van der Waals surface area contributed by atoms with Crippen LogP contribution in [0.3, 0.4) is 0 Å². The summed E-state index contributed by atoms with van der Waals surface area (Å²) in [5.74, 6) is 1.63. The number of nitrogens with one attached hydrogen (secondary N) is 1. The zero-order chi connectivity index (χ0) is 14.1. The molecule has 112 valence electrons. The topological polar surface area (TPSA) is 15.3 Å². The highest BCUT2D eigenvalue weighted by Crippen LogP contribution is 2.67. The molecule has 3 heterocycles. The van der Waals surface area contributed by atoms with Gasteiger partial charge in [-0.05, 0) is 56.1 Å². The van der Waals surface area contributed by atoms with Crippen molar-refractivity contribution in [2.24, 2.45) is 11.3 Å². The molecule has 3 fully saturated rings. The lowest BCUT2D eigenvalue weighted by atomic mass is 9.60.